The molecule has 7 aromatic carbocycles. The Balaban J connectivity index is 1.21. The smallest absolute Gasteiger partial charge is 0.0875 e. The number of nitrogens with zero attached hydrogens (tertiary/aromatic N) is 2. The standard InChI is InChI=1S/C54H54N4/c1-54(2,3)47-35-45(52-55-48(41-26-14-6-15-27-41)50(43-30-18-8-19-31-43)57(52)37-39-22-10-4-11-23-39)34-46(36-47)53-56-49(42-28-16-7-17-29-42)51(44-32-20-9-21-33-44)58(53)38-40-24-12-5-13-25-40/h4-36,48-53,55-56H,37-38H2,1-3H3/t48-,49-,50-,51-,52?,53?/m0/s1. The largest absolute Gasteiger partial charge is 0.289 e. The molecule has 2 aliphatic heterocycles. The Bertz CT molecular complexity index is 2200. The molecule has 4 nitrogen and oxygen atoms in total. The average Bonchev–Trinajstić information content (AvgIpc) is 3.84. The highest BCUT2D eigenvalue weighted by atomic mass is 15.4. The number of benzene rings is 7. The van der Waals surface area contributed by atoms with Crippen LogP contribution in [0.5, 0.6) is 0 Å². The van der Waals surface area contributed by atoms with E-state index in [1.54, 1.807) is 0 Å². The van der Waals surface area contributed by atoms with Crippen molar-refractivity contribution in [1.82, 2.24) is 20.4 Å². The maximum atomic E-state index is 4.25. The van der Waals surface area contributed by atoms with E-state index in [0.29, 0.717) is 0 Å². The average molecular weight is 759 g/mol. The van der Waals surface area contributed by atoms with Crippen LogP contribution < -0.4 is 10.6 Å². The SMILES string of the molecule is CC(C)(C)c1cc(C2N[C@@H](c3ccccc3)[C@H](c3ccccc3)N2Cc2ccccc2)cc(C2N[C@@H](c3ccccc3)[C@H](c3ccccc3)N2Cc2ccccc2)c1. The molecule has 0 aromatic heterocycles. The van der Waals surface area contributed by atoms with Crippen molar-refractivity contribution < 1.29 is 0 Å². The highest BCUT2D eigenvalue weighted by molar-refractivity contribution is 5.42. The molecule has 2 saturated heterocycles. The number of hydrogen-bond donors (Lipinski definition) is 2. The second-order valence-electron chi connectivity index (χ2n) is 17.1. The molecule has 7 aromatic rings. The third-order valence-electron chi connectivity index (χ3n) is 12.2. The number of rotatable bonds is 10. The van der Waals surface area contributed by atoms with E-state index in [1.165, 1.54) is 50.1 Å². The van der Waals surface area contributed by atoms with E-state index in [0.717, 1.165) is 13.1 Å². The summed E-state index contributed by atoms with van der Waals surface area (Å²) in [5.74, 6) is 0. The lowest BCUT2D eigenvalue weighted by atomic mass is 9.84. The van der Waals surface area contributed by atoms with Crippen LogP contribution in [-0.2, 0) is 18.5 Å². The van der Waals surface area contributed by atoms with Gasteiger partial charge in [-0.3, -0.25) is 20.4 Å². The van der Waals surface area contributed by atoms with Gasteiger partial charge in [-0.25, -0.2) is 0 Å². The summed E-state index contributed by atoms with van der Waals surface area (Å²) in [5, 5.41) is 8.50. The summed E-state index contributed by atoms with van der Waals surface area (Å²) in [6.07, 6.45) is -0.0917. The Morgan fingerprint density at radius 1 is 0.379 bits per heavy atom. The Morgan fingerprint density at radius 3 is 1.02 bits per heavy atom. The molecule has 0 aliphatic carbocycles. The normalized spacial score (nSPS) is 22.6. The number of nitrogens with one attached hydrogen (secondary N) is 2. The van der Waals surface area contributed by atoms with Gasteiger partial charge in [0.2, 0.25) is 0 Å². The minimum Gasteiger partial charge on any atom is -0.289 e. The first-order valence-electron chi connectivity index (χ1n) is 20.9. The topological polar surface area (TPSA) is 30.5 Å². The van der Waals surface area contributed by atoms with Crippen LogP contribution >= 0.6 is 0 Å². The van der Waals surface area contributed by atoms with Gasteiger partial charge in [0.1, 0.15) is 0 Å². The van der Waals surface area contributed by atoms with Gasteiger partial charge in [0.15, 0.2) is 0 Å². The van der Waals surface area contributed by atoms with Crippen molar-refractivity contribution in [3.05, 3.63) is 250 Å². The zero-order chi connectivity index (χ0) is 39.5. The molecule has 6 atom stereocenters. The lowest BCUT2D eigenvalue weighted by Gasteiger charge is -2.34. The monoisotopic (exact) mass is 758 g/mol. The van der Waals surface area contributed by atoms with Gasteiger partial charge in [-0.15, -0.1) is 0 Å². The van der Waals surface area contributed by atoms with Crippen LogP contribution in [0, 0.1) is 0 Å². The molecule has 0 radical (unpaired) electrons. The third-order valence-corrected chi connectivity index (χ3v) is 12.2. The summed E-state index contributed by atoms with van der Waals surface area (Å²) >= 11 is 0. The molecule has 290 valence electrons. The van der Waals surface area contributed by atoms with Crippen molar-refractivity contribution >= 4 is 0 Å². The van der Waals surface area contributed by atoms with Crippen LogP contribution in [0.3, 0.4) is 0 Å². The fraction of sp³-hybridized carbons (Fsp3) is 0.222. The van der Waals surface area contributed by atoms with E-state index in [2.05, 4.69) is 241 Å². The Labute approximate surface area is 345 Å². The summed E-state index contributed by atoms with van der Waals surface area (Å²) < 4.78 is 0. The Hall–Kier alpha value is -5.62. The molecule has 0 saturated carbocycles. The summed E-state index contributed by atoms with van der Waals surface area (Å²) in [6.45, 7) is 8.67. The second kappa shape index (κ2) is 16.7. The molecular weight excluding hydrogens is 705 g/mol. The quantitative estimate of drug-likeness (QED) is 0.145. The maximum absolute atomic E-state index is 4.25. The highest BCUT2D eigenvalue weighted by Gasteiger charge is 2.46. The minimum absolute atomic E-state index is 0.0458. The summed E-state index contributed by atoms with van der Waals surface area (Å²) in [4.78, 5) is 5.41. The first-order chi connectivity index (χ1) is 28.4. The zero-order valence-electron chi connectivity index (χ0n) is 33.8. The van der Waals surface area contributed by atoms with Crippen LogP contribution in [0.25, 0.3) is 0 Å². The van der Waals surface area contributed by atoms with Crippen LogP contribution in [0.2, 0.25) is 0 Å². The molecule has 2 unspecified atom stereocenters. The predicted molar refractivity (Wildman–Crippen MR) is 238 cm³/mol. The molecule has 58 heavy (non-hydrogen) atoms. The van der Waals surface area contributed by atoms with E-state index < -0.39 is 0 Å². The predicted octanol–water partition coefficient (Wildman–Crippen LogP) is 12.2. The zero-order valence-corrected chi connectivity index (χ0v) is 33.8. The van der Waals surface area contributed by atoms with E-state index in [9.17, 15) is 0 Å². The molecular formula is C54H54N4. The van der Waals surface area contributed by atoms with Gasteiger partial charge in [-0.05, 0) is 61.6 Å². The minimum atomic E-state index is -0.0776. The summed E-state index contributed by atoms with van der Waals surface area (Å²) in [7, 11) is 0. The lowest BCUT2D eigenvalue weighted by molar-refractivity contribution is 0.171. The van der Waals surface area contributed by atoms with Gasteiger partial charge in [0.05, 0.1) is 36.5 Å². The van der Waals surface area contributed by atoms with Gasteiger partial charge in [-0.1, -0.05) is 215 Å². The molecule has 2 aliphatic rings. The number of hydrogen-bond acceptors (Lipinski definition) is 4. The summed E-state index contributed by atoms with van der Waals surface area (Å²) in [6, 6.07) is 74.1. The van der Waals surface area contributed by atoms with Crippen LogP contribution in [0.15, 0.2) is 200 Å². The van der Waals surface area contributed by atoms with E-state index in [4.69, 9.17) is 0 Å². The molecule has 0 bridgehead atoms. The van der Waals surface area contributed by atoms with Gasteiger partial charge >= 0.3 is 0 Å². The molecule has 9 rings (SSSR count). The molecule has 2 N–H and O–H groups in total. The van der Waals surface area contributed by atoms with E-state index in [-0.39, 0.29) is 41.9 Å². The van der Waals surface area contributed by atoms with Gasteiger partial charge in [0.25, 0.3) is 0 Å². The third kappa shape index (κ3) is 7.94. The fourth-order valence-electron chi connectivity index (χ4n) is 9.33. The molecule has 0 amide bonds. The van der Waals surface area contributed by atoms with Crippen molar-refractivity contribution in [3.63, 3.8) is 0 Å². The molecule has 0 spiro atoms. The maximum Gasteiger partial charge on any atom is 0.0875 e. The first-order valence-corrected chi connectivity index (χ1v) is 20.9. The fourth-order valence-corrected chi connectivity index (χ4v) is 9.33. The van der Waals surface area contributed by atoms with Crippen molar-refractivity contribution in [1.29, 1.82) is 0 Å². The van der Waals surface area contributed by atoms with Crippen LogP contribution in [0.1, 0.15) is 107 Å². The van der Waals surface area contributed by atoms with Crippen molar-refractivity contribution in [2.24, 2.45) is 0 Å². The Morgan fingerprint density at radius 2 is 0.690 bits per heavy atom. The molecule has 2 fully saturated rings. The van der Waals surface area contributed by atoms with Crippen LogP contribution in [0.4, 0.5) is 0 Å². The van der Waals surface area contributed by atoms with Crippen LogP contribution in [-0.4, -0.2) is 9.80 Å². The second-order valence-corrected chi connectivity index (χ2v) is 17.1. The summed E-state index contributed by atoms with van der Waals surface area (Å²) in [5.41, 5.74) is 11.7. The molecule has 2 heterocycles. The first kappa shape index (κ1) is 37.9. The van der Waals surface area contributed by atoms with E-state index in [1.807, 2.05) is 0 Å². The molecule has 4 heteroatoms. The van der Waals surface area contributed by atoms with E-state index >= 15 is 0 Å². The van der Waals surface area contributed by atoms with Gasteiger partial charge < -0.3 is 0 Å². The Kier molecular flexibility index (Phi) is 10.9. The lowest BCUT2D eigenvalue weighted by Crippen LogP contribution is -2.31. The van der Waals surface area contributed by atoms with Crippen molar-refractivity contribution in [2.45, 2.75) is 75.8 Å². The van der Waals surface area contributed by atoms with Gasteiger partial charge in [-0.2, -0.15) is 0 Å². The highest BCUT2D eigenvalue weighted by Crippen LogP contribution is 2.50. The van der Waals surface area contributed by atoms with Gasteiger partial charge in [0, 0.05) is 13.1 Å². The van der Waals surface area contributed by atoms with Crippen molar-refractivity contribution in [3.8, 4) is 0 Å². The van der Waals surface area contributed by atoms with Crippen molar-refractivity contribution in [2.75, 3.05) is 0 Å².